The highest BCUT2D eigenvalue weighted by molar-refractivity contribution is 6.74. The van der Waals surface area contributed by atoms with Crippen LogP contribution >= 0.6 is 0 Å². The van der Waals surface area contributed by atoms with Crippen LogP contribution in [0.5, 0.6) is 0 Å². The molecule has 0 saturated carbocycles. The van der Waals surface area contributed by atoms with Crippen LogP contribution in [0.3, 0.4) is 0 Å². The molecule has 0 radical (unpaired) electrons. The Kier molecular flexibility index (Phi) is 7.39. The summed E-state index contributed by atoms with van der Waals surface area (Å²) in [4.78, 5) is 11.9. The third kappa shape index (κ3) is 5.91. The van der Waals surface area contributed by atoms with Crippen LogP contribution < -0.4 is 0 Å². The molecule has 0 N–H and O–H groups in total. The topological polar surface area (TPSA) is 44.8 Å². The van der Waals surface area contributed by atoms with E-state index in [1.807, 2.05) is 6.92 Å². The maximum Gasteiger partial charge on any atom is 0.309 e. The largest absolute Gasteiger partial charge is 0.459 e. The van der Waals surface area contributed by atoms with E-state index in [2.05, 4.69) is 67.7 Å². The summed E-state index contributed by atoms with van der Waals surface area (Å²) in [5.74, 6) is -0.129. The molecule has 6 heteroatoms. The minimum Gasteiger partial charge on any atom is -0.459 e. The van der Waals surface area contributed by atoms with E-state index in [4.69, 9.17) is 13.6 Å². The van der Waals surface area contributed by atoms with Crippen molar-refractivity contribution in [1.29, 1.82) is 0 Å². The molecule has 0 unspecified atom stereocenters. The molecule has 26 heavy (non-hydrogen) atoms. The molecule has 1 aliphatic heterocycles. The van der Waals surface area contributed by atoms with Crippen molar-refractivity contribution in [2.75, 3.05) is 6.61 Å². The molecule has 154 valence electrons. The first-order valence-electron chi connectivity index (χ1n) is 10.0. The lowest BCUT2D eigenvalue weighted by molar-refractivity contribution is -0.147. The second kappa shape index (κ2) is 8.05. The Morgan fingerprint density at radius 1 is 1.04 bits per heavy atom. The lowest BCUT2D eigenvalue weighted by Gasteiger charge is -2.41. The standard InChI is InChI=1S/C20H42O4Si2/c1-15-14-17(23-18(15)21)16(24-26(10,11)20(5,6)7)12-13-22-25(8,9)19(2,3)4/h15-17H,12-14H2,1-11H3/t15-,16+,17+/m1/s1. The van der Waals surface area contributed by atoms with Crippen molar-refractivity contribution in [2.45, 2.75) is 110 Å². The van der Waals surface area contributed by atoms with Crippen LogP contribution in [0.1, 0.15) is 61.3 Å². The lowest BCUT2D eigenvalue weighted by Crippen LogP contribution is -2.48. The zero-order valence-corrected chi connectivity index (χ0v) is 21.0. The van der Waals surface area contributed by atoms with E-state index in [9.17, 15) is 4.79 Å². The van der Waals surface area contributed by atoms with Crippen LogP contribution in [-0.2, 0) is 18.4 Å². The Balaban J connectivity index is 2.84. The molecule has 0 spiro atoms. The Morgan fingerprint density at radius 3 is 1.92 bits per heavy atom. The minimum atomic E-state index is -1.95. The number of hydrogen-bond donors (Lipinski definition) is 0. The van der Waals surface area contributed by atoms with Crippen LogP contribution in [0.2, 0.25) is 36.3 Å². The fourth-order valence-corrected chi connectivity index (χ4v) is 4.95. The van der Waals surface area contributed by atoms with Gasteiger partial charge in [-0.05, 0) is 49.1 Å². The van der Waals surface area contributed by atoms with Gasteiger partial charge in [-0.3, -0.25) is 4.79 Å². The predicted molar refractivity (Wildman–Crippen MR) is 113 cm³/mol. The smallest absolute Gasteiger partial charge is 0.309 e. The molecule has 1 heterocycles. The molecule has 0 aromatic rings. The maximum absolute atomic E-state index is 11.9. The van der Waals surface area contributed by atoms with Gasteiger partial charge in [0.1, 0.15) is 6.10 Å². The number of hydrogen-bond acceptors (Lipinski definition) is 4. The van der Waals surface area contributed by atoms with Crippen LogP contribution in [0.4, 0.5) is 0 Å². The monoisotopic (exact) mass is 402 g/mol. The van der Waals surface area contributed by atoms with Crippen LogP contribution in [0.15, 0.2) is 0 Å². The van der Waals surface area contributed by atoms with Crippen molar-refractivity contribution in [3.63, 3.8) is 0 Å². The number of carbonyl (C=O) groups excluding carboxylic acids is 1. The number of esters is 1. The number of cyclic esters (lactones) is 1. The Bertz CT molecular complexity index is 489. The molecular weight excluding hydrogens is 360 g/mol. The number of carbonyl (C=O) groups is 1. The zero-order valence-electron chi connectivity index (χ0n) is 19.0. The SMILES string of the molecule is C[C@@H]1C[C@@H]([C@H](CCO[Si](C)(C)C(C)(C)C)O[Si](C)(C)C(C)(C)C)OC1=O. The summed E-state index contributed by atoms with van der Waals surface area (Å²) in [6.45, 7) is 25.2. The summed E-state index contributed by atoms with van der Waals surface area (Å²) in [5.41, 5.74) is 0. The summed E-state index contributed by atoms with van der Waals surface area (Å²) < 4.78 is 18.7. The molecule has 4 nitrogen and oxygen atoms in total. The summed E-state index contributed by atoms with van der Waals surface area (Å²) in [7, 11) is -3.73. The zero-order chi connectivity index (χ0) is 20.6. The maximum atomic E-state index is 11.9. The molecule has 0 bridgehead atoms. The first-order valence-corrected chi connectivity index (χ1v) is 15.8. The highest BCUT2D eigenvalue weighted by atomic mass is 28.4. The summed E-state index contributed by atoms with van der Waals surface area (Å²) >= 11 is 0. The van der Waals surface area contributed by atoms with Gasteiger partial charge in [0.05, 0.1) is 12.0 Å². The van der Waals surface area contributed by atoms with Crippen LogP contribution in [-0.4, -0.2) is 41.4 Å². The quantitative estimate of drug-likeness (QED) is 0.402. The normalized spacial score (nSPS) is 23.9. The highest BCUT2D eigenvalue weighted by Gasteiger charge is 2.44. The van der Waals surface area contributed by atoms with Crippen LogP contribution in [0.25, 0.3) is 0 Å². The molecular formula is C20H42O4Si2. The third-order valence-corrected chi connectivity index (χ3v) is 15.6. The molecule has 0 aliphatic carbocycles. The Hall–Kier alpha value is -0.176. The van der Waals surface area contributed by atoms with Crippen molar-refractivity contribution >= 4 is 22.6 Å². The third-order valence-electron chi connectivity index (χ3n) is 6.59. The fraction of sp³-hybridized carbons (Fsp3) is 0.950. The molecule has 1 aliphatic rings. The lowest BCUT2D eigenvalue weighted by atomic mass is 10.0. The van der Waals surface area contributed by atoms with Gasteiger partial charge < -0.3 is 13.6 Å². The van der Waals surface area contributed by atoms with Gasteiger partial charge in [-0.1, -0.05) is 48.5 Å². The minimum absolute atomic E-state index is 0.0353. The molecule has 1 fully saturated rings. The highest BCUT2D eigenvalue weighted by Crippen LogP contribution is 2.40. The van der Waals surface area contributed by atoms with E-state index >= 15 is 0 Å². The van der Waals surface area contributed by atoms with Gasteiger partial charge in [-0.15, -0.1) is 0 Å². The first kappa shape index (κ1) is 23.9. The summed E-state index contributed by atoms with van der Waals surface area (Å²) in [6, 6.07) is 0. The molecule has 1 saturated heterocycles. The first-order chi connectivity index (χ1) is 11.5. The van der Waals surface area contributed by atoms with E-state index < -0.39 is 16.6 Å². The van der Waals surface area contributed by atoms with Gasteiger partial charge in [-0.2, -0.15) is 0 Å². The number of ether oxygens (including phenoxy) is 1. The van der Waals surface area contributed by atoms with Gasteiger partial charge in [-0.25, -0.2) is 0 Å². The van der Waals surface area contributed by atoms with E-state index in [0.29, 0.717) is 6.61 Å². The van der Waals surface area contributed by atoms with Gasteiger partial charge in [0.15, 0.2) is 16.6 Å². The Morgan fingerprint density at radius 2 is 1.54 bits per heavy atom. The molecule has 0 amide bonds. The van der Waals surface area contributed by atoms with Crippen molar-refractivity contribution in [1.82, 2.24) is 0 Å². The average Bonchev–Trinajstić information content (AvgIpc) is 2.74. The van der Waals surface area contributed by atoms with Crippen molar-refractivity contribution in [3.8, 4) is 0 Å². The van der Waals surface area contributed by atoms with E-state index in [1.165, 1.54) is 0 Å². The van der Waals surface area contributed by atoms with E-state index in [1.54, 1.807) is 0 Å². The summed E-state index contributed by atoms with van der Waals surface area (Å²) in [6.07, 6.45) is 1.31. The fourth-order valence-electron chi connectivity index (χ4n) is 2.51. The predicted octanol–water partition coefficient (Wildman–Crippen LogP) is 5.74. The summed E-state index contributed by atoms with van der Waals surface area (Å²) in [5, 5.41) is 0.316. The van der Waals surface area contributed by atoms with Crippen molar-refractivity contribution in [2.24, 2.45) is 5.92 Å². The van der Waals surface area contributed by atoms with Gasteiger partial charge in [0.25, 0.3) is 0 Å². The average molecular weight is 403 g/mol. The van der Waals surface area contributed by atoms with E-state index in [0.717, 1.165) is 12.8 Å². The van der Waals surface area contributed by atoms with Crippen LogP contribution in [0, 0.1) is 5.92 Å². The van der Waals surface area contributed by atoms with Gasteiger partial charge >= 0.3 is 5.97 Å². The second-order valence-electron chi connectivity index (χ2n) is 10.9. The van der Waals surface area contributed by atoms with Gasteiger partial charge in [0, 0.05) is 6.61 Å². The molecule has 0 aromatic carbocycles. The van der Waals surface area contributed by atoms with Crippen molar-refractivity contribution in [3.05, 3.63) is 0 Å². The Labute approximate surface area is 163 Å². The van der Waals surface area contributed by atoms with E-state index in [-0.39, 0.29) is 34.2 Å². The van der Waals surface area contributed by atoms with Crippen molar-refractivity contribution < 1.29 is 18.4 Å². The molecule has 3 atom stereocenters. The molecule has 1 rings (SSSR count). The number of rotatable bonds is 7. The van der Waals surface area contributed by atoms with Gasteiger partial charge in [0.2, 0.25) is 0 Å². The molecule has 0 aromatic heterocycles. The second-order valence-corrected chi connectivity index (χ2v) is 20.5.